The molecule has 2 rings (SSSR count). The molecule has 0 bridgehead atoms. The Kier molecular flexibility index (Phi) is 3.12. The molecule has 2 heterocycles. The topological polar surface area (TPSA) is 76.6 Å². The summed E-state index contributed by atoms with van der Waals surface area (Å²) in [5.41, 5.74) is 0. The maximum atomic E-state index is 12.0. The van der Waals surface area contributed by atoms with E-state index in [4.69, 9.17) is 0 Å². The van der Waals surface area contributed by atoms with Crippen LogP contribution in [-0.4, -0.2) is 43.9 Å². The molecule has 17 heavy (non-hydrogen) atoms. The molecule has 6 nitrogen and oxygen atoms in total. The smallest absolute Gasteiger partial charge is 0.311 e. The third-order valence-corrected chi connectivity index (χ3v) is 4.47. The van der Waals surface area contributed by atoms with Crippen LogP contribution >= 0.6 is 0 Å². The molecule has 0 N–H and O–H groups in total. The van der Waals surface area contributed by atoms with E-state index in [1.807, 2.05) is 0 Å². The molecule has 92 valence electrons. The van der Waals surface area contributed by atoms with Crippen LogP contribution in [0.1, 0.15) is 0 Å². The molecule has 0 amide bonds. The van der Waals surface area contributed by atoms with Crippen molar-refractivity contribution in [3.63, 3.8) is 0 Å². The maximum Gasteiger partial charge on any atom is 0.311 e. The standard InChI is InChI=1S/C10H12N2O4S/c1-16-10(13)8-6-12(7-8)17(14,15)9-3-2-4-11-5-9/h2-5,8H,6-7H2,1H3. The van der Waals surface area contributed by atoms with E-state index in [-0.39, 0.29) is 29.9 Å². The Morgan fingerprint density at radius 2 is 2.24 bits per heavy atom. The van der Waals surface area contributed by atoms with Crippen LogP contribution in [0.2, 0.25) is 0 Å². The fraction of sp³-hybridized carbons (Fsp3) is 0.400. The van der Waals surface area contributed by atoms with Crippen molar-refractivity contribution in [3.8, 4) is 0 Å². The molecular weight excluding hydrogens is 244 g/mol. The molecule has 0 aliphatic carbocycles. The first-order valence-corrected chi connectivity index (χ1v) is 6.47. The Morgan fingerprint density at radius 3 is 2.76 bits per heavy atom. The molecule has 1 aromatic heterocycles. The lowest BCUT2D eigenvalue weighted by Gasteiger charge is -2.35. The van der Waals surface area contributed by atoms with Gasteiger partial charge in [-0.05, 0) is 12.1 Å². The van der Waals surface area contributed by atoms with Gasteiger partial charge in [0.1, 0.15) is 4.90 Å². The largest absolute Gasteiger partial charge is 0.469 e. The molecule has 0 radical (unpaired) electrons. The zero-order valence-corrected chi connectivity index (χ0v) is 10.1. The fourth-order valence-electron chi connectivity index (χ4n) is 1.60. The lowest BCUT2D eigenvalue weighted by Crippen LogP contribution is -2.53. The highest BCUT2D eigenvalue weighted by atomic mass is 32.2. The number of ether oxygens (including phenoxy) is 1. The summed E-state index contributed by atoms with van der Waals surface area (Å²) in [5, 5.41) is 0. The summed E-state index contributed by atoms with van der Waals surface area (Å²) in [6, 6.07) is 3.04. The Labute approximate surface area is 99.3 Å². The number of esters is 1. The van der Waals surface area contributed by atoms with Crippen LogP contribution in [0.3, 0.4) is 0 Å². The van der Waals surface area contributed by atoms with Gasteiger partial charge in [-0.3, -0.25) is 9.78 Å². The number of aromatic nitrogens is 1. The van der Waals surface area contributed by atoms with E-state index >= 15 is 0 Å². The average molecular weight is 256 g/mol. The number of methoxy groups -OCH3 is 1. The van der Waals surface area contributed by atoms with Crippen molar-refractivity contribution in [1.82, 2.24) is 9.29 Å². The van der Waals surface area contributed by atoms with E-state index in [0.29, 0.717) is 0 Å². The Balaban J connectivity index is 2.09. The van der Waals surface area contributed by atoms with Gasteiger partial charge in [0.2, 0.25) is 10.0 Å². The number of pyridine rings is 1. The predicted molar refractivity (Wildman–Crippen MR) is 58.5 cm³/mol. The molecule has 1 saturated heterocycles. The minimum atomic E-state index is -3.51. The lowest BCUT2D eigenvalue weighted by molar-refractivity contribution is -0.149. The second kappa shape index (κ2) is 4.42. The van der Waals surface area contributed by atoms with Crippen LogP contribution < -0.4 is 0 Å². The van der Waals surface area contributed by atoms with Crippen molar-refractivity contribution < 1.29 is 17.9 Å². The van der Waals surface area contributed by atoms with Gasteiger partial charge in [0.25, 0.3) is 0 Å². The molecule has 1 fully saturated rings. The summed E-state index contributed by atoms with van der Waals surface area (Å²) in [5.74, 6) is -0.728. The van der Waals surface area contributed by atoms with Crippen LogP contribution in [0, 0.1) is 5.92 Å². The summed E-state index contributed by atoms with van der Waals surface area (Å²) < 4.78 is 29.8. The van der Waals surface area contributed by atoms with Gasteiger partial charge in [0.05, 0.1) is 13.0 Å². The number of carbonyl (C=O) groups is 1. The highest BCUT2D eigenvalue weighted by molar-refractivity contribution is 7.89. The molecule has 0 atom stereocenters. The average Bonchev–Trinajstić information content (AvgIpc) is 2.27. The Morgan fingerprint density at radius 1 is 1.53 bits per heavy atom. The first kappa shape index (κ1) is 12.0. The van der Waals surface area contributed by atoms with Gasteiger partial charge in [-0.1, -0.05) is 0 Å². The van der Waals surface area contributed by atoms with Crippen molar-refractivity contribution >= 4 is 16.0 Å². The molecule has 0 aromatic carbocycles. The highest BCUT2D eigenvalue weighted by Crippen LogP contribution is 2.25. The van der Waals surface area contributed by atoms with E-state index in [0.717, 1.165) is 0 Å². The molecule has 0 unspecified atom stereocenters. The van der Waals surface area contributed by atoms with E-state index < -0.39 is 10.0 Å². The van der Waals surface area contributed by atoms with E-state index in [9.17, 15) is 13.2 Å². The normalized spacial score (nSPS) is 17.5. The number of sulfonamides is 1. The van der Waals surface area contributed by atoms with Crippen molar-refractivity contribution in [2.45, 2.75) is 4.90 Å². The van der Waals surface area contributed by atoms with Gasteiger partial charge in [0, 0.05) is 25.5 Å². The molecular formula is C10H12N2O4S. The molecule has 0 spiro atoms. The predicted octanol–water partition coefficient (Wildman–Crippen LogP) is -0.125. The summed E-state index contributed by atoms with van der Waals surface area (Å²) in [7, 11) is -2.22. The summed E-state index contributed by atoms with van der Waals surface area (Å²) >= 11 is 0. The van der Waals surface area contributed by atoms with Crippen LogP contribution in [0.25, 0.3) is 0 Å². The second-order valence-electron chi connectivity index (χ2n) is 3.73. The molecule has 0 saturated carbocycles. The van der Waals surface area contributed by atoms with Gasteiger partial charge >= 0.3 is 5.97 Å². The van der Waals surface area contributed by atoms with Crippen LogP contribution in [-0.2, 0) is 19.6 Å². The van der Waals surface area contributed by atoms with E-state index in [1.54, 1.807) is 6.07 Å². The van der Waals surface area contributed by atoms with Gasteiger partial charge in [-0.2, -0.15) is 4.31 Å². The van der Waals surface area contributed by atoms with E-state index in [1.165, 1.54) is 29.9 Å². The Bertz CT molecular complexity index is 508. The van der Waals surface area contributed by atoms with Gasteiger partial charge in [-0.15, -0.1) is 0 Å². The zero-order valence-electron chi connectivity index (χ0n) is 9.24. The molecule has 7 heteroatoms. The van der Waals surface area contributed by atoms with Crippen molar-refractivity contribution in [2.24, 2.45) is 5.92 Å². The summed E-state index contributed by atoms with van der Waals surface area (Å²) in [4.78, 5) is 15.1. The minimum absolute atomic E-state index is 0.142. The fourth-order valence-corrected chi connectivity index (χ4v) is 3.09. The quantitative estimate of drug-likeness (QED) is 0.704. The van der Waals surface area contributed by atoms with Crippen LogP contribution in [0.15, 0.2) is 29.4 Å². The lowest BCUT2D eigenvalue weighted by atomic mass is 10.0. The number of hydrogen-bond acceptors (Lipinski definition) is 5. The maximum absolute atomic E-state index is 12.0. The van der Waals surface area contributed by atoms with Crippen molar-refractivity contribution in [2.75, 3.05) is 20.2 Å². The SMILES string of the molecule is COC(=O)C1CN(S(=O)(=O)c2cccnc2)C1. The Hall–Kier alpha value is -1.47. The second-order valence-corrected chi connectivity index (χ2v) is 5.67. The first-order chi connectivity index (χ1) is 8.05. The van der Waals surface area contributed by atoms with Gasteiger partial charge < -0.3 is 4.74 Å². The summed E-state index contributed by atoms with van der Waals surface area (Å²) in [6.45, 7) is 0.341. The molecule has 1 aliphatic heterocycles. The minimum Gasteiger partial charge on any atom is -0.469 e. The van der Waals surface area contributed by atoms with Gasteiger partial charge in [0.15, 0.2) is 0 Å². The number of carbonyl (C=O) groups excluding carboxylic acids is 1. The van der Waals surface area contributed by atoms with Crippen LogP contribution in [0.4, 0.5) is 0 Å². The highest BCUT2D eigenvalue weighted by Gasteiger charge is 2.41. The monoisotopic (exact) mass is 256 g/mol. The number of hydrogen-bond donors (Lipinski definition) is 0. The third-order valence-electron chi connectivity index (χ3n) is 2.65. The van der Waals surface area contributed by atoms with Crippen molar-refractivity contribution in [1.29, 1.82) is 0 Å². The van der Waals surface area contributed by atoms with E-state index in [2.05, 4.69) is 9.72 Å². The summed E-state index contributed by atoms with van der Waals surface area (Å²) in [6.07, 6.45) is 2.80. The zero-order chi connectivity index (χ0) is 12.5. The van der Waals surface area contributed by atoms with Gasteiger partial charge in [-0.25, -0.2) is 8.42 Å². The van der Waals surface area contributed by atoms with Crippen LogP contribution in [0.5, 0.6) is 0 Å². The number of nitrogens with zero attached hydrogens (tertiary/aromatic N) is 2. The molecule has 1 aliphatic rings. The van der Waals surface area contributed by atoms with Crippen molar-refractivity contribution in [3.05, 3.63) is 24.5 Å². The molecule has 1 aromatic rings. The third kappa shape index (κ3) is 2.16. The first-order valence-electron chi connectivity index (χ1n) is 5.03. The number of rotatable bonds is 3.